The zero-order valence-corrected chi connectivity index (χ0v) is 26.6. The van der Waals surface area contributed by atoms with Gasteiger partial charge in [0.25, 0.3) is 0 Å². The summed E-state index contributed by atoms with van der Waals surface area (Å²) < 4.78 is 8.58. The fraction of sp³-hybridized carbons (Fsp3) is 0. The second-order valence-corrected chi connectivity index (χ2v) is 12.6. The third-order valence-corrected chi connectivity index (χ3v) is 9.74. The van der Waals surface area contributed by atoms with Gasteiger partial charge in [-0.15, -0.1) is 0 Å². The van der Waals surface area contributed by atoms with Gasteiger partial charge in [-0.2, -0.15) is 0 Å². The average molecular weight is 627 g/mol. The minimum Gasteiger partial charge on any atom is -0.456 e. The minimum atomic E-state index is 0.915. The highest BCUT2D eigenvalue weighted by molar-refractivity contribution is 6.12. The van der Waals surface area contributed by atoms with Crippen LogP contribution in [0.3, 0.4) is 0 Å². The van der Waals surface area contributed by atoms with E-state index >= 15 is 0 Å². The Morgan fingerprint density at radius 1 is 0.367 bits per heavy atom. The first-order valence-electron chi connectivity index (χ1n) is 16.7. The predicted octanol–water partition coefficient (Wildman–Crippen LogP) is 13.0. The highest BCUT2D eigenvalue weighted by Gasteiger charge is 2.18. The molecule has 2 heterocycles. The number of anilines is 3. The van der Waals surface area contributed by atoms with Gasteiger partial charge in [0.2, 0.25) is 0 Å². The fourth-order valence-corrected chi connectivity index (χ4v) is 7.43. The van der Waals surface area contributed by atoms with Crippen molar-refractivity contribution in [1.29, 1.82) is 0 Å². The number of fused-ring (bicyclic) bond motifs is 7. The van der Waals surface area contributed by atoms with E-state index in [1.54, 1.807) is 0 Å². The van der Waals surface area contributed by atoms with Crippen molar-refractivity contribution in [2.24, 2.45) is 0 Å². The van der Waals surface area contributed by atoms with E-state index in [0.29, 0.717) is 0 Å². The van der Waals surface area contributed by atoms with Crippen LogP contribution < -0.4 is 4.90 Å². The van der Waals surface area contributed by atoms with Crippen LogP contribution >= 0.6 is 0 Å². The Hall–Kier alpha value is -6.58. The Labute approximate surface area is 283 Å². The van der Waals surface area contributed by atoms with Crippen molar-refractivity contribution < 1.29 is 4.42 Å². The van der Waals surface area contributed by atoms with Crippen LogP contribution in [0.2, 0.25) is 0 Å². The number of rotatable bonds is 5. The van der Waals surface area contributed by atoms with Crippen molar-refractivity contribution in [2.45, 2.75) is 0 Å². The molecule has 8 aromatic carbocycles. The van der Waals surface area contributed by atoms with E-state index < -0.39 is 0 Å². The maximum atomic E-state index is 6.20. The Balaban J connectivity index is 1.14. The van der Waals surface area contributed by atoms with Gasteiger partial charge in [-0.3, -0.25) is 0 Å². The van der Waals surface area contributed by atoms with Gasteiger partial charge < -0.3 is 13.9 Å². The summed E-state index contributed by atoms with van der Waals surface area (Å²) in [7, 11) is 0. The van der Waals surface area contributed by atoms with Crippen LogP contribution in [0, 0.1) is 0 Å². The van der Waals surface area contributed by atoms with Crippen molar-refractivity contribution in [2.75, 3.05) is 4.90 Å². The molecular weight excluding hydrogens is 597 g/mol. The maximum absolute atomic E-state index is 6.20. The van der Waals surface area contributed by atoms with Crippen LogP contribution in [0.1, 0.15) is 0 Å². The first kappa shape index (κ1) is 27.5. The molecule has 230 valence electrons. The van der Waals surface area contributed by atoms with E-state index in [1.165, 1.54) is 38.3 Å². The molecule has 0 amide bonds. The van der Waals surface area contributed by atoms with Gasteiger partial charge >= 0.3 is 0 Å². The molecule has 0 unspecified atom stereocenters. The highest BCUT2D eigenvalue weighted by atomic mass is 16.3. The molecule has 49 heavy (non-hydrogen) atoms. The van der Waals surface area contributed by atoms with E-state index in [2.05, 4.69) is 179 Å². The van der Waals surface area contributed by atoms with Gasteiger partial charge in [0.05, 0.1) is 11.0 Å². The van der Waals surface area contributed by atoms with Crippen LogP contribution in [0.25, 0.3) is 71.3 Å². The Bertz CT molecular complexity index is 2810. The van der Waals surface area contributed by atoms with E-state index in [0.717, 1.165) is 50.1 Å². The van der Waals surface area contributed by atoms with E-state index in [9.17, 15) is 0 Å². The summed E-state index contributed by atoms with van der Waals surface area (Å²) in [6.07, 6.45) is 0. The molecule has 0 radical (unpaired) electrons. The topological polar surface area (TPSA) is 21.3 Å². The number of nitrogens with zero attached hydrogens (tertiary/aromatic N) is 2. The third-order valence-electron chi connectivity index (χ3n) is 9.74. The fourth-order valence-electron chi connectivity index (χ4n) is 7.43. The summed E-state index contributed by atoms with van der Waals surface area (Å²) >= 11 is 0. The first-order chi connectivity index (χ1) is 24.3. The molecule has 0 aliphatic rings. The highest BCUT2D eigenvalue weighted by Crippen LogP contribution is 2.41. The second-order valence-electron chi connectivity index (χ2n) is 12.6. The number of benzene rings is 8. The zero-order valence-electron chi connectivity index (χ0n) is 26.6. The van der Waals surface area contributed by atoms with Crippen LogP contribution in [-0.4, -0.2) is 4.57 Å². The molecule has 3 nitrogen and oxygen atoms in total. The van der Waals surface area contributed by atoms with Gasteiger partial charge in [-0.05, 0) is 101 Å². The zero-order chi connectivity index (χ0) is 32.3. The standard InChI is InChI=1S/C46H30N2O/c1-3-11-31(12-4-1)32-19-22-36(23-20-32)48-43-17-9-7-15-39(43)41-30-38(25-26-44(41)48)47(35-13-5-2-6-14-35)37-24-21-33-29-46-42(28-34(33)27-37)40-16-8-10-18-45(40)49-46/h1-30H. The summed E-state index contributed by atoms with van der Waals surface area (Å²) in [5.41, 5.74) is 11.1. The lowest BCUT2D eigenvalue weighted by Gasteiger charge is -2.26. The minimum absolute atomic E-state index is 0.915. The number of hydrogen-bond donors (Lipinski definition) is 0. The van der Waals surface area contributed by atoms with Crippen molar-refractivity contribution in [3.8, 4) is 16.8 Å². The van der Waals surface area contributed by atoms with Crippen LogP contribution in [-0.2, 0) is 0 Å². The van der Waals surface area contributed by atoms with Crippen LogP contribution in [0.15, 0.2) is 186 Å². The summed E-state index contributed by atoms with van der Waals surface area (Å²) in [4.78, 5) is 2.36. The number of furan rings is 1. The molecular formula is C46H30N2O. The van der Waals surface area contributed by atoms with Gasteiger partial charge in [-0.1, -0.05) is 103 Å². The molecule has 0 aliphatic heterocycles. The molecule has 0 bridgehead atoms. The molecule has 0 atom stereocenters. The summed E-state index contributed by atoms with van der Waals surface area (Å²) in [5.74, 6) is 0. The molecule has 0 saturated carbocycles. The van der Waals surface area contributed by atoms with E-state index in [1.807, 2.05) is 12.1 Å². The number of hydrogen-bond acceptors (Lipinski definition) is 2. The second kappa shape index (κ2) is 11.0. The Kier molecular flexibility index (Phi) is 6.18. The molecule has 0 aliphatic carbocycles. The lowest BCUT2D eigenvalue weighted by molar-refractivity contribution is 0.669. The predicted molar refractivity (Wildman–Crippen MR) is 206 cm³/mol. The molecule has 0 spiro atoms. The normalized spacial score (nSPS) is 11.7. The van der Waals surface area contributed by atoms with Gasteiger partial charge in [0.1, 0.15) is 11.2 Å². The summed E-state index contributed by atoms with van der Waals surface area (Å²) in [6, 6.07) is 65.1. The van der Waals surface area contributed by atoms with Crippen LogP contribution in [0.4, 0.5) is 17.1 Å². The molecule has 0 saturated heterocycles. The summed E-state index contributed by atoms with van der Waals surface area (Å²) in [6.45, 7) is 0. The first-order valence-corrected chi connectivity index (χ1v) is 16.7. The largest absolute Gasteiger partial charge is 0.456 e. The molecule has 2 aromatic heterocycles. The molecule has 3 heteroatoms. The lowest BCUT2D eigenvalue weighted by Crippen LogP contribution is -2.09. The molecule has 10 aromatic rings. The quantitative estimate of drug-likeness (QED) is 0.190. The molecule has 10 rings (SSSR count). The molecule has 0 fully saturated rings. The Morgan fingerprint density at radius 3 is 1.86 bits per heavy atom. The van der Waals surface area contributed by atoms with E-state index in [4.69, 9.17) is 4.42 Å². The summed E-state index contributed by atoms with van der Waals surface area (Å²) in [5, 5.41) is 7.05. The van der Waals surface area contributed by atoms with Gasteiger partial charge in [0.15, 0.2) is 0 Å². The number of para-hydroxylation sites is 3. The third kappa shape index (κ3) is 4.51. The van der Waals surface area contributed by atoms with E-state index in [-0.39, 0.29) is 0 Å². The lowest BCUT2D eigenvalue weighted by atomic mass is 10.0. The maximum Gasteiger partial charge on any atom is 0.136 e. The Morgan fingerprint density at radius 2 is 1.02 bits per heavy atom. The number of aromatic nitrogens is 1. The smallest absolute Gasteiger partial charge is 0.136 e. The van der Waals surface area contributed by atoms with Crippen molar-refractivity contribution in [3.63, 3.8) is 0 Å². The van der Waals surface area contributed by atoms with Gasteiger partial charge in [0, 0.05) is 44.3 Å². The monoisotopic (exact) mass is 626 g/mol. The van der Waals surface area contributed by atoms with Gasteiger partial charge in [-0.25, -0.2) is 0 Å². The van der Waals surface area contributed by atoms with Crippen molar-refractivity contribution in [3.05, 3.63) is 182 Å². The molecule has 0 N–H and O–H groups in total. The average Bonchev–Trinajstić information content (AvgIpc) is 3.70. The van der Waals surface area contributed by atoms with Crippen molar-refractivity contribution >= 4 is 71.6 Å². The van der Waals surface area contributed by atoms with Crippen LogP contribution in [0.5, 0.6) is 0 Å². The van der Waals surface area contributed by atoms with Crippen molar-refractivity contribution in [1.82, 2.24) is 4.57 Å². The SMILES string of the molecule is c1ccc(-c2ccc(-n3c4ccccc4c4cc(N(c5ccccc5)c5ccc6cc7oc8ccccc8c7cc6c5)ccc43)cc2)cc1.